The molecule has 1 aromatic rings. The van der Waals surface area contributed by atoms with E-state index >= 15 is 0 Å². The number of nitrogens with one attached hydrogen (secondary N) is 1. The first-order chi connectivity index (χ1) is 9.72. The van der Waals surface area contributed by atoms with Crippen LogP contribution in [0, 0.1) is 0 Å². The number of rotatable bonds is 7. The van der Waals surface area contributed by atoms with Crippen LogP contribution in [0.15, 0.2) is 24.3 Å². The summed E-state index contributed by atoms with van der Waals surface area (Å²) in [5.41, 5.74) is 2.83. The Labute approximate surface area is 123 Å². The van der Waals surface area contributed by atoms with Crippen LogP contribution in [0.25, 0.3) is 0 Å². The number of carbonyl (C=O) groups excluding carboxylic acids is 1. The fourth-order valence-corrected chi connectivity index (χ4v) is 3.87. The summed E-state index contributed by atoms with van der Waals surface area (Å²) in [6.45, 7) is 0. The average Bonchev–Trinajstić information content (AvgIpc) is 2.46. The van der Waals surface area contributed by atoms with Crippen molar-refractivity contribution in [2.24, 2.45) is 0 Å². The van der Waals surface area contributed by atoms with Crippen LogP contribution in [0.4, 0.5) is 0 Å². The molecular weight excluding hydrogens is 274 g/mol. The first-order valence-corrected chi connectivity index (χ1v) is 7.96. The number of carboxylic acid groups (broad SMARTS) is 1. The molecule has 108 valence electrons. The number of benzene rings is 1. The third-order valence-corrected chi connectivity index (χ3v) is 4.87. The fraction of sp³-hybridized carbons (Fsp3) is 0.467. The summed E-state index contributed by atoms with van der Waals surface area (Å²) < 4.78 is 0. The minimum Gasteiger partial charge on any atom is -0.480 e. The lowest BCUT2D eigenvalue weighted by Crippen LogP contribution is -2.38. The number of carbonyl (C=O) groups is 2. The molecule has 2 atom stereocenters. The van der Waals surface area contributed by atoms with Crippen molar-refractivity contribution < 1.29 is 14.7 Å². The van der Waals surface area contributed by atoms with Crippen LogP contribution in [0.5, 0.6) is 0 Å². The van der Waals surface area contributed by atoms with Gasteiger partial charge in [0, 0.05) is 11.5 Å². The molecule has 1 aliphatic rings. The molecule has 0 aromatic heterocycles. The highest BCUT2D eigenvalue weighted by Gasteiger charge is 2.21. The number of amides is 1. The second-order valence-electron chi connectivity index (χ2n) is 5.00. The smallest absolute Gasteiger partial charge is 0.327 e. The van der Waals surface area contributed by atoms with E-state index in [9.17, 15) is 9.59 Å². The Morgan fingerprint density at radius 2 is 2.30 bits per heavy atom. The van der Waals surface area contributed by atoms with E-state index < -0.39 is 12.0 Å². The molecule has 2 rings (SSSR count). The van der Waals surface area contributed by atoms with Crippen molar-refractivity contribution in [2.75, 3.05) is 11.5 Å². The Morgan fingerprint density at radius 1 is 1.50 bits per heavy atom. The molecule has 2 N–H and O–H groups in total. The zero-order valence-electron chi connectivity index (χ0n) is 11.2. The van der Waals surface area contributed by atoms with E-state index in [1.54, 1.807) is 11.8 Å². The van der Waals surface area contributed by atoms with Crippen molar-refractivity contribution in [3.05, 3.63) is 35.4 Å². The summed E-state index contributed by atoms with van der Waals surface area (Å²) in [5.74, 6) is 0.831. The summed E-state index contributed by atoms with van der Waals surface area (Å²) >= 11 is 1.60. The highest BCUT2D eigenvalue weighted by Crippen LogP contribution is 2.33. The van der Waals surface area contributed by atoms with Crippen molar-refractivity contribution in [1.82, 2.24) is 5.32 Å². The maximum Gasteiger partial charge on any atom is 0.327 e. The lowest BCUT2D eigenvalue weighted by molar-refractivity contribution is -0.139. The van der Waals surface area contributed by atoms with Crippen LogP contribution in [-0.2, 0) is 16.0 Å². The van der Waals surface area contributed by atoms with E-state index in [1.807, 2.05) is 0 Å². The molecule has 20 heavy (non-hydrogen) atoms. The summed E-state index contributed by atoms with van der Waals surface area (Å²) in [4.78, 5) is 21.3. The van der Waals surface area contributed by atoms with Crippen LogP contribution in [0.2, 0.25) is 0 Å². The number of aryl methyl sites for hydroxylation is 1. The first-order valence-electron chi connectivity index (χ1n) is 6.80. The van der Waals surface area contributed by atoms with Crippen molar-refractivity contribution in [3.8, 4) is 0 Å². The molecule has 1 aliphatic carbocycles. The molecule has 0 radical (unpaired) electrons. The fourth-order valence-electron chi connectivity index (χ4n) is 2.63. The standard InChI is InChI=1S/C15H19NO3S/c17-10-16-14(15(18)19)9-20-8-12-6-3-5-11-4-1-2-7-13(11)12/h1-2,4,7,10,12,14H,3,5-6,8-9H2,(H,16,17)(H,18,19). The van der Waals surface area contributed by atoms with Crippen LogP contribution in [0.1, 0.15) is 29.9 Å². The zero-order valence-corrected chi connectivity index (χ0v) is 12.1. The maximum atomic E-state index is 10.9. The molecule has 1 amide bonds. The van der Waals surface area contributed by atoms with Crippen LogP contribution in [-0.4, -0.2) is 35.0 Å². The minimum atomic E-state index is -0.978. The lowest BCUT2D eigenvalue weighted by Gasteiger charge is -2.25. The number of thioether (sulfide) groups is 1. The van der Waals surface area contributed by atoms with E-state index in [-0.39, 0.29) is 0 Å². The Hall–Kier alpha value is -1.49. The van der Waals surface area contributed by atoms with Crippen molar-refractivity contribution in [2.45, 2.75) is 31.2 Å². The van der Waals surface area contributed by atoms with Gasteiger partial charge in [-0.2, -0.15) is 11.8 Å². The van der Waals surface area contributed by atoms with Crippen LogP contribution in [0.3, 0.4) is 0 Å². The third-order valence-electron chi connectivity index (χ3n) is 3.66. The second kappa shape index (κ2) is 7.33. The number of hydrogen-bond donors (Lipinski definition) is 2. The number of aliphatic carboxylic acids is 1. The molecule has 2 unspecified atom stereocenters. The number of hydrogen-bond acceptors (Lipinski definition) is 3. The van der Waals surface area contributed by atoms with Crippen molar-refractivity contribution in [1.29, 1.82) is 0 Å². The van der Waals surface area contributed by atoms with E-state index in [0.29, 0.717) is 18.1 Å². The number of fused-ring (bicyclic) bond motifs is 1. The molecule has 0 heterocycles. The van der Waals surface area contributed by atoms with Crippen molar-refractivity contribution in [3.63, 3.8) is 0 Å². The summed E-state index contributed by atoms with van der Waals surface area (Å²) in [6.07, 6.45) is 3.94. The van der Waals surface area contributed by atoms with E-state index in [0.717, 1.165) is 18.6 Å². The molecule has 5 heteroatoms. The van der Waals surface area contributed by atoms with Gasteiger partial charge < -0.3 is 10.4 Å². The van der Waals surface area contributed by atoms with E-state index in [2.05, 4.69) is 29.6 Å². The summed E-state index contributed by atoms with van der Waals surface area (Å²) in [7, 11) is 0. The van der Waals surface area contributed by atoms with Gasteiger partial charge in [-0.15, -0.1) is 0 Å². The monoisotopic (exact) mass is 293 g/mol. The molecule has 0 spiro atoms. The molecule has 1 aromatic carbocycles. The minimum absolute atomic E-state index is 0.409. The van der Waals surface area contributed by atoms with Gasteiger partial charge in [-0.25, -0.2) is 4.79 Å². The molecular formula is C15H19NO3S. The normalized spacial score (nSPS) is 18.9. The topological polar surface area (TPSA) is 66.4 Å². The molecule has 0 aliphatic heterocycles. The largest absolute Gasteiger partial charge is 0.480 e. The lowest BCUT2D eigenvalue weighted by atomic mass is 9.84. The highest BCUT2D eigenvalue weighted by molar-refractivity contribution is 7.99. The molecule has 0 fully saturated rings. The van der Waals surface area contributed by atoms with Gasteiger partial charge in [0.25, 0.3) is 0 Å². The van der Waals surface area contributed by atoms with Gasteiger partial charge in [-0.05, 0) is 36.3 Å². The van der Waals surface area contributed by atoms with Gasteiger partial charge in [0.15, 0.2) is 0 Å². The van der Waals surface area contributed by atoms with Gasteiger partial charge >= 0.3 is 5.97 Å². The van der Waals surface area contributed by atoms with Gasteiger partial charge in [-0.3, -0.25) is 4.79 Å². The van der Waals surface area contributed by atoms with Gasteiger partial charge in [-0.1, -0.05) is 24.3 Å². The first kappa shape index (κ1) is 14.9. The second-order valence-corrected chi connectivity index (χ2v) is 6.08. The predicted octanol–water partition coefficient (Wildman–Crippen LogP) is 2.04. The third kappa shape index (κ3) is 3.76. The summed E-state index contributed by atoms with van der Waals surface area (Å²) in [6, 6.07) is 7.70. The molecule has 0 saturated carbocycles. The average molecular weight is 293 g/mol. The zero-order chi connectivity index (χ0) is 14.4. The Bertz CT molecular complexity index is 478. The highest BCUT2D eigenvalue weighted by atomic mass is 32.2. The molecule has 0 saturated heterocycles. The van der Waals surface area contributed by atoms with Crippen LogP contribution < -0.4 is 5.32 Å². The van der Waals surface area contributed by atoms with Gasteiger partial charge in [0.1, 0.15) is 6.04 Å². The quantitative estimate of drug-likeness (QED) is 0.755. The molecule has 4 nitrogen and oxygen atoms in total. The Kier molecular flexibility index (Phi) is 5.47. The van der Waals surface area contributed by atoms with Gasteiger partial charge in [0.2, 0.25) is 6.41 Å². The van der Waals surface area contributed by atoms with Gasteiger partial charge in [0.05, 0.1) is 0 Å². The van der Waals surface area contributed by atoms with E-state index in [4.69, 9.17) is 5.11 Å². The van der Waals surface area contributed by atoms with Crippen LogP contribution >= 0.6 is 11.8 Å². The molecule has 0 bridgehead atoms. The number of carboxylic acids is 1. The maximum absolute atomic E-state index is 10.9. The summed E-state index contributed by atoms with van der Waals surface area (Å²) in [5, 5.41) is 11.3. The predicted molar refractivity (Wildman–Crippen MR) is 80.1 cm³/mol. The Balaban J connectivity index is 1.89. The SMILES string of the molecule is O=CNC(CSCC1CCCc2ccccc21)C(=O)O. The van der Waals surface area contributed by atoms with E-state index in [1.165, 1.54) is 17.5 Å². The van der Waals surface area contributed by atoms with Crippen molar-refractivity contribution >= 4 is 24.1 Å². The Morgan fingerprint density at radius 3 is 3.05 bits per heavy atom.